The Morgan fingerprint density at radius 3 is 3.12 bits per heavy atom. The van der Waals surface area contributed by atoms with E-state index in [0.29, 0.717) is 11.4 Å². The summed E-state index contributed by atoms with van der Waals surface area (Å²) in [4.78, 5) is 4.17. The predicted molar refractivity (Wildman–Crippen MR) is 59.3 cm³/mol. The van der Waals surface area contributed by atoms with Crippen LogP contribution < -0.4 is 4.74 Å². The van der Waals surface area contributed by atoms with E-state index >= 15 is 0 Å². The molecule has 0 aromatic carbocycles. The SMILES string of the molecule is COc1cccnc1C(O)C1CCCCO1. The van der Waals surface area contributed by atoms with Crippen LogP contribution in [0.25, 0.3) is 0 Å². The molecule has 0 amide bonds. The van der Waals surface area contributed by atoms with Crippen molar-refractivity contribution in [3.8, 4) is 5.75 Å². The molecule has 0 aliphatic carbocycles. The molecule has 1 fully saturated rings. The third-order valence-corrected chi connectivity index (χ3v) is 2.87. The van der Waals surface area contributed by atoms with Crippen molar-refractivity contribution in [3.05, 3.63) is 24.0 Å². The second-order valence-corrected chi connectivity index (χ2v) is 3.94. The molecule has 0 bridgehead atoms. The van der Waals surface area contributed by atoms with Gasteiger partial charge in [-0.1, -0.05) is 0 Å². The van der Waals surface area contributed by atoms with E-state index in [9.17, 15) is 5.11 Å². The van der Waals surface area contributed by atoms with Crippen LogP contribution in [-0.2, 0) is 4.74 Å². The Morgan fingerprint density at radius 1 is 1.56 bits per heavy atom. The Bertz CT molecular complexity index is 337. The number of hydrogen-bond donors (Lipinski definition) is 1. The minimum Gasteiger partial charge on any atom is -0.495 e. The smallest absolute Gasteiger partial charge is 0.143 e. The van der Waals surface area contributed by atoms with Crippen molar-refractivity contribution in [1.82, 2.24) is 4.98 Å². The summed E-state index contributed by atoms with van der Waals surface area (Å²) in [7, 11) is 1.58. The summed E-state index contributed by atoms with van der Waals surface area (Å²) in [6.07, 6.45) is 3.85. The van der Waals surface area contributed by atoms with E-state index in [1.54, 1.807) is 25.4 Å². The van der Waals surface area contributed by atoms with Crippen molar-refractivity contribution in [1.29, 1.82) is 0 Å². The van der Waals surface area contributed by atoms with Crippen molar-refractivity contribution in [2.24, 2.45) is 0 Å². The summed E-state index contributed by atoms with van der Waals surface area (Å²) in [5, 5.41) is 10.2. The zero-order valence-corrected chi connectivity index (χ0v) is 9.43. The van der Waals surface area contributed by atoms with E-state index in [1.807, 2.05) is 0 Å². The summed E-state index contributed by atoms with van der Waals surface area (Å²) >= 11 is 0. The number of aliphatic hydroxyl groups is 1. The molecule has 2 heterocycles. The normalized spacial score (nSPS) is 22.8. The van der Waals surface area contributed by atoms with Crippen LogP contribution in [0, 0.1) is 0 Å². The van der Waals surface area contributed by atoms with Gasteiger partial charge in [0, 0.05) is 12.8 Å². The zero-order valence-electron chi connectivity index (χ0n) is 9.43. The van der Waals surface area contributed by atoms with Crippen LogP contribution in [0.3, 0.4) is 0 Å². The van der Waals surface area contributed by atoms with E-state index < -0.39 is 6.10 Å². The van der Waals surface area contributed by atoms with Gasteiger partial charge < -0.3 is 14.6 Å². The summed E-state index contributed by atoms with van der Waals surface area (Å²) in [6, 6.07) is 3.59. The van der Waals surface area contributed by atoms with Gasteiger partial charge in [0.1, 0.15) is 17.5 Å². The molecule has 0 spiro atoms. The molecule has 1 aromatic rings. The number of methoxy groups -OCH3 is 1. The van der Waals surface area contributed by atoms with Gasteiger partial charge in [-0.3, -0.25) is 4.98 Å². The first-order chi connectivity index (χ1) is 7.83. The number of pyridine rings is 1. The van der Waals surface area contributed by atoms with Crippen LogP contribution in [0.5, 0.6) is 5.75 Å². The first kappa shape index (κ1) is 11.4. The summed E-state index contributed by atoms with van der Waals surface area (Å²) in [5.41, 5.74) is 0.567. The number of ether oxygens (including phenoxy) is 2. The third-order valence-electron chi connectivity index (χ3n) is 2.87. The van der Waals surface area contributed by atoms with Crippen molar-refractivity contribution >= 4 is 0 Å². The largest absolute Gasteiger partial charge is 0.495 e. The van der Waals surface area contributed by atoms with Gasteiger partial charge in [-0.2, -0.15) is 0 Å². The quantitative estimate of drug-likeness (QED) is 0.847. The van der Waals surface area contributed by atoms with Gasteiger partial charge in [0.25, 0.3) is 0 Å². The highest BCUT2D eigenvalue weighted by Gasteiger charge is 2.27. The molecule has 2 unspecified atom stereocenters. The minimum atomic E-state index is -0.698. The molecule has 1 aliphatic rings. The molecular formula is C12H17NO3. The topological polar surface area (TPSA) is 51.6 Å². The Morgan fingerprint density at radius 2 is 2.44 bits per heavy atom. The molecule has 16 heavy (non-hydrogen) atoms. The van der Waals surface area contributed by atoms with Gasteiger partial charge in [0.15, 0.2) is 0 Å². The highest BCUT2D eigenvalue weighted by atomic mass is 16.5. The molecule has 4 heteroatoms. The monoisotopic (exact) mass is 223 g/mol. The third kappa shape index (κ3) is 2.33. The zero-order chi connectivity index (χ0) is 11.4. The Labute approximate surface area is 95.2 Å². The van der Waals surface area contributed by atoms with E-state index in [0.717, 1.165) is 25.9 Å². The standard InChI is InChI=1S/C12H17NO3/c1-15-9-6-4-7-13-11(9)12(14)10-5-2-3-8-16-10/h4,6-7,10,12,14H,2-3,5,8H2,1H3. The lowest BCUT2D eigenvalue weighted by atomic mass is 10.0. The summed E-state index contributed by atoms with van der Waals surface area (Å²) < 4.78 is 10.7. The van der Waals surface area contributed by atoms with Crippen molar-refractivity contribution in [2.45, 2.75) is 31.5 Å². The highest BCUT2D eigenvalue weighted by Crippen LogP contribution is 2.30. The van der Waals surface area contributed by atoms with Gasteiger partial charge in [-0.15, -0.1) is 0 Å². The number of rotatable bonds is 3. The van der Waals surface area contributed by atoms with Gasteiger partial charge in [0.05, 0.1) is 13.2 Å². The molecule has 1 aromatic heterocycles. The van der Waals surface area contributed by atoms with Gasteiger partial charge in [0.2, 0.25) is 0 Å². The summed E-state index contributed by atoms with van der Waals surface area (Å²) in [6.45, 7) is 0.719. The Hall–Kier alpha value is -1.13. The van der Waals surface area contributed by atoms with Gasteiger partial charge in [-0.25, -0.2) is 0 Å². The molecule has 2 atom stereocenters. The van der Waals surface area contributed by atoms with Gasteiger partial charge in [-0.05, 0) is 31.4 Å². The van der Waals surface area contributed by atoms with Crippen molar-refractivity contribution in [3.63, 3.8) is 0 Å². The first-order valence-corrected chi connectivity index (χ1v) is 5.61. The fourth-order valence-electron chi connectivity index (χ4n) is 1.99. The molecule has 4 nitrogen and oxygen atoms in total. The first-order valence-electron chi connectivity index (χ1n) is 5.61. The number of nitrogens with zero attached hydrogens (tertiary/aromatic N) is 1. The average molecular weight is 223 g/mol. The second kappa shape index (κ2) is 5.27. The molecule has 88 valence electrons. The maximum Gasteiger partial charge on any atom is 0.143 e. The van der Waals surface area contributed by atoms with Crippen LogP contribution in [0.15, 0.2) is 18.3 Å². The van der Waals surface area contributed by atoms with Crippen LogP contribution in [-0.4, -0.2) is 29.9 Å². The van der Waals surface area contributed by atoms with E-state index in [-0.39, 0.29) is 6.10 Å². The molecular weight excluding hydrogens is 206 g/mol. The van der Waals surface area contributed by atoms with Crippen LogP contribution >= 0.6 is 0 Å². The average Bonchev–Trinajstić information content (AvgIpc) is 2.39. The predicted octanol–water partition coefficient (Wildman–Crippen LogP) is 1.69. The fraction of sp³-hybridized carbons (Fsp3) is 0.583. The lowest BCUT2D eigenvalue weighted by Crippen LogP contribution is -2.27. The minimum absolute atomic E-state index is 0.155. The highest BCUT2D eigenvalue weighted by molar-refractivity contribution is 5.29. The van der Waals surface area contributed by atoms with E-state index in [1.165, 1.54) is 0 Å². The maximum atomic E-state index is 10.2. The van der Waals surface area contributed by atoms with Crippen LogP contribution in [0.2, 0.25) is 0 Å². The van der Waals surface area contributed by atoms with Crippen molar-refractivity contribution in [2.75, 3.05) is 13.7 Å². The van der Waals surface area contributed by atoms with Crippen LogP contribution in [0.4, 0.5) is 0 Å². The Balaban J connectivity index is 2.15. The molecule has 1 N–H and O–H groups in total. The fourth-order valence-corrected chi connectivity index (χ4v) is 1.99. The maximum absolute atomic E-state index is 10.2. The van der Waals surface area contributed by atoms with Gasteiger partial charge >= 0.3 is 0 Å². The molecule has 0 saturated carbocycles. The molecule has 1 aliphatic heterocycles. The Kier molecular flexibility index (Phi) is 3.74. The lowest BCUT2D eigenvalue weighted by molar-refractivity contribution is -0.0654. The summed E-state index contributed by atoms with van der Waals surface area (Å²) in [5.74, 6) is 0.615. The van der Waals surface area contributed by atoms with Crippen LogP contribution in [0.1, 0.15) is 31.1 Å². The number of hydrogen-bond acceptors (Lipinski definition) is 4. The number of aromatic nitrogens is 1. The van der Waals surface area contributed by atoms with E-state index in [2.05, 4.69) is 4.98 Å². The van der Waals surface area contributed by atoms with Crippen molar-refractivity contribution < 1.29 is 14.6 Å². The number of aliphatic hydroxyl groups excluding tert-OH is 1. The molecule has 0 radical (unpaired) electrons. The lowest BCUT2D eigenvalue weighted by Gasteiger charge is -2.27. The second-order valence-electron chi connectivity index (χ2n) is 3.94. The van der Waals surface area contributed by atoms with E-state index in [4.69, 9.17) is 9.47 Å². The molecule has 1 saturated heterocycles. The molecule has 2 rings (SSSR count).